The molecule has 3 aromatic rings. The van der Waals surface area contributed by atoms with Gasteiger partial charge in [0.25, 0.3) is 5.91 Å². The number of carbonyl (C=O) groups is 2. The number of hydrogen-bond donors (Lipinski definition) is 2. The highest BCUT2D eigenvalue weighted by Gasteiger charge is 2.53. The number of anilines is 1. The number of halogens is 1. The molecule has 244 valence electrons. The number of nitrogens with one attached hydrogen (secondary N) is 1. The van der Waals surface area contributed by atoms with Crippen LogP contribution in [-0.4, -0.2) is 53.8 Å². The van der Waals surface area contributed by atoms with Crippen LogP contribution in [0.3, 0.4) is 0 Å². The molecule has 13 heteroatoms. The van der Waals surface area contributed by atoms with Crippen molar-refractivity contribution in [3.05, 3.63) is 65.1 Å². The van der Waals surface area contributed by atoms with Crippen LogP contribution in [-0.2, 0) is 26.6 Å². The zero-order valence-corrected chi connectivity index (χ0v) is 26.7. The molecule has 46 heavy (non-hydrogen) atoms. The monoisotopic (exact) mass is 651 g/mol. The van der Waals surface area contributed by atoms with Crippen molar-refractivity contribution >= 4 is 27.3 Å². The van der Waals surface area contributed by atoms with Crippen molar-refractivity contribution < 1.29 is 31.7 Å². The lowest BCUT2D eigenvalue weighted by Gasteiger charge is -2.52. The van der Waals surface area contributed by atoms with E-state index >= 15 is 4.39 Å². The van der Waals surface area contributed by atoms with Crippen molar-refractivity contribution in [2.45, 2.75) is 106 Å². The van der Waals surface area contributed by atoms with Gasteiger partial charge in [0.05, 0.1) is 40.6 Å². The second-order valence-corrected chi connectivity index (χ2v) is 15.7. The number of ether oxygens (including phenoxy) is 1. The van der Waals surface area contributed by atoms with E-state index < -0.39 is 44.8 Å². The molecule has 0 saturated heterocycles. The van der Waals surface area contributed by atoms with Gasteiger partial charge in [-0.05, 0) is 95.0 Å². The molecule has 1 atom stereocenters. The van der Waals surface area contributed by atoms with Crippen LogP contribution in [0.2, 0.25) is 0 Å². The maximum atomic E-state index is 15.6. The second-order valence-electron chi connectivity index (χ2n) is 13.7. The third kappa shape index (κ3) is 5.57. The van der Waals surface area contributed by atoms with E-state index in [1.807, 2.05) is 13.8 Å². The number of hydrogen-bond acceptors (Lipinski definition) is 9. The molecule has 3 N–H and O–H groups in total. The zero-order chi connectivity index (χ0) is 32.4. The highest BCUT2D eigenvalue weighted by Crippen LogP contribution is 2.54. The van der Waals surface area contributed by atoms with Gasteiger partial charge in [-0.15, -0.1) is 0 Å². The van der Waals surface area contributed by atoms with Crippen LogP contribution in [0.1, 0.15) is 98.8 Å². The van der Waals surface area contributed by atoms with Crippen LogP contribution in [0.15, 0.2) is 45.8 Å². The van der Waals surface area contributed by atoms with Gasteiger partial charge in [0, 0.05) is 16.9 Å². The molecular weight excluding hydrogens is 613 g/mol. The van der Waals surface area contributed by atoms with Gasteiger partial charge in [0.2, 0.25) is 11.8 Å². The van der Waals surface area contributed by atoms with E-state index in [-0.39, 0.29) is 34.2 Å². The van der Waals surface area contributed by atoms with Crippen LogP contribution in [0, 0.1) is 5.82 Å². The summed E-state index contributed by atoms with van der Waals surface area (Å²) in [4.78, 5) is 32.8. The Hall–Kier alpha value is -3.84. The molecule has 2 heterocycles. The van der Waals surface area contributed by atoms with Crippen LogP contribution in [0.4, 0.5) is 10.1 Å². The summed E-state index contributed by atoms with van der Waals surface area (Å²) in [7, 11) is -4.14. The Morgan fingerprint density at radius 3 is 2.43 bits per heavy atom. The van der Waals surface area contributed by atoms with Gasteiger partial charge in [-0.25, -0.2) is 12.8 Å². The van der Waals surface area contributed by atoms with Crippen molar-refractivity contribution in [1.82, 2.24) is 15.5 Å². The summed E-state index contributed by atoms with van der Waals surface area (Å²) in [6.45, 7) is 3.78. The number of benzene rings is 2. The minimum atomic E-state index is -4.14. The van der Waals surface area contributed by atoms with Gasteiger partial charge in [-0.1, -0.05) is 17.3 Å². The van der Waals surface area contributed by atoms with Gasteiger partial charge in [0.15, 0.2) is 15.7 Å². The summed E-state index contributed by atoms with van der Waals surface area (Å²) in [6.07, 6.45) is 6.41. The Balaban J connectivity index is 1.15. The molecule has 0 radical (unpaired) electrons. The quantitative estimate of drug-likeness (QED) is 0.362. The fraction of sp³-hybridized carbons (Fsp3) is 0.515. The minimum absolute atomic E-state index is 0.0256. The lowest BCUT2D eigenvalue weighted by Crippen LogP contribution is -2.58. The Morgan fingerprint density at radius 2 is 1.80 bits per heavy atom. The maximum absolute atomic E-state index is 15.6. The lowest BCUT2D eigenvalue weighted by molar-refractivity contribution is -0.119. The average molecular weight is 652 g/mol. The summed E-state index contributed by atoms with van der Waals surface area (Å²) >= 11 is 0. The maximum Gasteiger partial charge on any atom is 0.254 e. The van der Waals surface area contributed by atoms with E-state index in [4.69, 9.17) is 20.0 Å². The number of nitrogens with two attached hydrogens (primary N) is 1. The summed E-state index contributed by atoms with van der Waals surface area (Å²) in [5.74, 6) is -0.438. The molecule has 5 aliphatic rings. The molecule has 0 spiro atoms. The zero-order valence-electron chi connectivity index (χ0n) is 25.9. The van der Waals surface area contributed by atoms with Crippen LogP contribution >= 0.6 is 0 Å². The molecule has 4 fully saturated rings. The van der Waals surface area contributed by atoms with Crippen LogP contribution in [0.5, 0.6) is 5.75 Å². The van der Waals surface area contributed by atoms with E-state index in [2.05, 4.69) is 10.5 Å². The lowest BCUT2D eigenvalue weighted by atomic mass is 9.57. The number of sulfone groups is 1. The van der Waals surface area contributed by atoms with E-state index in [1.54, 1.807) is 24.3 Å². The first-order chi connectivity index (χ1) is 21.9. The molecular formula is C33H38FN5O6S. The first-order valence-corrected chi connectivity index (χ1v) is 17.6. The van der Waals surface area contributed by atoms with Crippen molar-refractivity contribution in [3.63, 3.8) is 0 Å². The molecule has 1 aliphatic heterocycles. The molecule has 1 aromatic heterocycles. The van der Waals surface area contributed by atoms with E-state index in [1.165, 1.54) is 11.0 Å². The Labute approximate surface area is 267 Å². The third-order valence-corrected chi connectivity index (χ3v) is 11.8. The predicted octanol–water partition coefficient (Wildman–Crippen LogP) is 4.30. The normalized spacial score (nSPS) is 26.9. The average Bonchev–Trinajstić information content (AvgIpc) is 3.76. The molecule has 4 aliphatic carbocycles. The van der Waals surface area contributed by atoms with Crippen molar-refractivity contribution in [2.75, 3.05) is 10.7 Å². The smallest absolute Gasteiger partial charge is 0.254 e. The number of rotatable bonds is 8. The van der Waals surface area contributed by atoms with Gasteiger partial charge < -0.3 is 25.2 Å². The van der Waals surface area contributed by atoms with Crippen LogP contribution < -0.4 is 20.7 Å². The molecule has 0 unspecified atom stereocenters. The Morgan fingerprint density at radius 1 is 1.13 bits per heavy atom. The molecule has 11 nitrogen and oxygen atoms in total. The summed E-state index contributed by atoms with van der Waals surface area (Å²) in [5, 5.41) is 7.30. The standard InChI is InChI=1S/C33H38FN5O6S/c1-19(2)44-22-7-3-20(4-8-22)17-39-26-15-23(24(34)16-27(26)46(42,43)18-25(35)30(39)41)29(40)37-33-12-9-32(10-13-33,11-14-33)31-36-28(38-45-31)21-5-6-21/h3-4,7-8,15-16,19,21,25H,5-6,9-14,17-18,35H2,1-2H3,(H,37,40)/t25-,32?,33?/m0/s1. The van der Waals surface area contributed by atoms with Crippen molar-refractivity contribution in [1.29, 1.82) is 0 Å². The third-order valence-electron chi connectivity index (χ3n) is 10.0. The molecule has 2 bridgehead atoms. The van der Waals surface area contributed by atoms with Gasteiger partial charge in [-0.2, -0.15) is 4.98 Å². The first-order valence-electron chi connectivity index (χ1n) is 15.9. The number of amides is 2. The van der Waals surface area contributed by atoms with Crippen molar-refractivity contribution in [2.24, 2.45) is 5.73 Å². The molecule has 4 saturated carbocycles. The number of carbonyl (C=O) groups excluding carboxylic acids is 2. The number of nitrogens with zero attached hydrogens (tertiary/aromatic N) is 3. The fourth-order valence-corrected chi connectivity index (χ4v) is 8.71. The topological polar surface area (TPSA) is 158 Å². The summed E-state index contributed by atoms with van der Waals surface area (Å²) in [6, 6.07) is 7.70. The first kappa shape index (κ1) is 30.8. The van der Waals surface area contributed by atoms with E-state index in [9.17, 15) is 18.0 Å². The predicted molar refractivity (Wildman–Crippen MR) is 166 cm³/mol. The fourth-order valence-electron chi connectivity index (χ4n) is 7.14. The number of fused-ring (bicyclic) bond motifs is 4. The largest absolute Gasteiger partial charge is 0.491 e. The highest BCUT2D eigenvalue weighted by molar-refractivity contribution is 7.91. The van der Waals surface area contributed by atoms with Gasteiger partial charge in [-0.3, -0.25) is 9.59 Å². The Kier molecular flexibility index (Phi) is 7.46. The van der Waals surface area contributed by atoms with Crippen molar-refractivity contribution in [3.8, 4) is 5.75 Å². The molecule has 8 rings (SSSR count). The highest BCUT2D eigenvalue weighted by atomic mass is 32.2. The second kappa shape index (κ2) is 11.2. The number of aromatic nitrogens is 2. The van der Waals surface area contributed by atoms with Gasteiger partial charge in [0.1, 0.15) is 11.6 Å². The SMILES string of the molecule is CC(C)Oc1ccc(CN2C(=O)[C@@H](N)CS(=O)(=O)c3cc(F)c(C(=O)NC45CCC(c6nc(C7CC7)no6)(CC4)CC5)cc32)cc1. The van der Waals surface area contributed by atoms with E-state index in [0.29, 0.717) is 42.4 Å². The molecule has 2 aromatic carbocycles. The van der Waals surface area contributed by atoms with E-state index in [0.717, 1.165) is 44.0 Å². The Bertz CT molecular complexity index is 1780. The van der Waals surface area contributed by atoms with Gasteiger partial charge >= 0.3 is 0 Å². The van der Waals surface area contributed by atoms with Crippen LogP contribution in [0.25, 0.3) is 0 Å². The minimum Gasteiger partial charge on any atom is -0.491 e. The summed E-state index contributed by atoms with van der Waals surface area (Å²) < 4.78 is 53.6. The summed E-state index contributed by atoms with van der Waals surface area (Å²) in [5.41, 5.74) is 5.57. The molecule has 2 amide bonds.